The summed E-state index contributed by atoms with van der Waals surface area (Å²) in [4.78, 5) is 0. The molecule has 0 bridgehead atoms. The molecule has 0 amide bonds. The minimum absolute atomic E-state index is 0.118. The van der Waals surface area contributed by atoms with Crippen LogP contribution in [-0.2, 0) is 4.74 Å². The van der Waals surface area contributed by atoms with Gasteiger partial charge >= 0.3 is 0 Å². The first kappa shape index (κ1) is 14.3. The molecule has 0 radical (unpaired) electrons. The van der Waals surface area contributed by atoms with Crippen LogP contribution in [0.4, 0.5) is 4.39 Å². The van der Waals surface area contributed by atoms with Crippen LogP contribution in [0.2, 0.25) is 0 Å². The molecule has 3 nitrogen and oxygen atoms in total. The quantitative estimate of drug-likeness (QED) is 0.889. The Kier molecular flexibility index (Phi) is 4.77. The van der Waals surface area contributed by atoms with Crippen LogP contribution in [0.5, 0.6) is 5.75 Å². The maximum atomic E-state index is 13.8. The van der Waals surface area contributed by atoms with Gasteiger partial charge in [0.2, 0.25) is 0 Å². The first-order chi connectivity index (χ1) is 9.21. The summed E-state index contributed by atoms with van der Waals surface area (Å²) in [5, 5.41) is 3.30. The third-order valence-corrected chi connectivity index (χ3v) is 3.94. The summed E-state index contributed by atoms with van der Waals surface area (Å²) < 4.78 is 24.5. The first-order valence-corrected chi connectivity index (χ1v) is 6.83. The second kappa shape index (κ2) is 6.35. The highest BCUT2D eigenvalue weighted by Gasteiger charge is 2.33. The van der Waals surface area contributed by atoms with Crippen LogP contribution in [0.1, 0.15) is 31.4 Å². The second-order valence-corrected chi connectivity index (χ2v) is 4.93. The molecule has 1 aliphatic heterocycles. The SMILES string of the molecule is CCC1OCCC1C(NC)c1ccc(OC)c(F)c1. The molecule has 1 fully saturated rings. The predicted octanol–water partition coefficient (Wildman–Crippen LogP) is 2.91. The average Bonchev–Trinajstić information content (AvgIpc) is 2.88. The fourth-order valence-corrected chi connectivity index (χ4v) is 2.97. The maximum Gasteiger partial charge on any atom is 0.165 e. The van der Waals surface area contributed by atoms with Gasteiger partial charge in [-0.05, 0) is 37.6 Å². The summed E-state index contributed by atoms with van der Waals surface area (Å²) in [5.74, 6) is 0.364. The predicted molar refractivity (Wildman–Crippen MR) is 72.9 cm³/mol. The lowest BCUT2D eigenvalue weighted by Crippen LogP contribution is -2.30. The van der Waals surface area contributed by atoms with Crippen molar-refractivity contribution in [1.82, 2.24) is 5.32 Å². The maximum absolute atomic E-state index is 13.8. The number of rotatable bonds is 5. The van der Waals surface area contributed by atoms with E-state index in [9.17, 15) is 4.39 Å². The lowest BCUT2D eigenvalue weighted by Gasteiger charge is -2.27. The van der Waals surface area contributed by atoms with Gasteiger partial charge in [-0.25, -0.2) is 4.39 Å². The van der Waals surface area contributed by atoms with Crippen LogP contribution < -0.4 is 10.1 Å². The van der Waals surface area contributed by atoms with Gasteiger partial charge in [0.1, 0.15) is 0 Å². The van der Waals surface area contributed by atoms with E-state index in [1.54, 1.807) is 12.1 Å². The molecule has 1 saturated heterocycles. The molecule has 1 aliphatic rings. The molecule has 1 N–H and O–H groups in total. The van der Waals surface area contributed by atoms with Crippen molar-refractivity contribution in [3.63, 3.8) is 0 Å². The van der Waals surface area contributed by atoms with Gasteiger partial charge in [-0.3, -0.25) is 0 Å². The minimum Gasteiger partial charge on any atom is -0.494 e. The Labute approximate surface area is 114 Å². The smallest absolute Gasteiger partial charge is 0.165 e. The van der Waals surface area contributed by atoms with E-state index in [0.717, 1.165) is 25.0 Å². The van der Waals surface area contributed by atoms with Gasteiger partial charge < -0.3 is 14.8 Å². The van der Waals surface area contributed by atoms with E-state index in [1.807, 2.05) is 13.1 Å². The van der Waals surface area contributed by atoms with Gasteiger partial charge in [0, 0.05) is 18.6 Å². The summed E-state index contributed by atoms with van der Waals surface area (Å²) in [5.41, 5.74) is 0.953. The van der Waals surface area contributed by atoms with Crippen LogP contribution in [0.15, 0.2) is 18.2 Å². The summed E-state index contributed by atoms with van der Waals surface area (Å²) >= 11 is 0. The topological polar surface area (TPSA) is 30.5 Å². The largest absolute Gasteiger partial charge is 0.494 e. The first-order valence-electron chi connectivity index (χ1n) is 6.83. The molecule has 2 rings (SSSR count). The average molecular weight is 267 g/mol. The number of halogens is 1. The molecule has 19 heavy (non-hydrogen) atoms. The fraction of sp³-hybridized carbons (Fsp3) is 0.600. The van der Waals surface area contributed by atoms with Crippen LogP contribution >= 0.6 is 0 Å². The van der Waals surface area contributed by atoms with Crippen LogP contribution in [0.3, 0.4) is 0 Å². The highest BCUT2D eigenvalue weighted by atomic mass is 19.1. The molecule has 4 heteroatoms. The molecular weight excluding hydrogens is 245 g/mol. The summed E-state index contributed by atoms with van der Waals surface area (Å²) in [6.07, 6.45) is 2.25. The number of nitrogens with one attached hydrogen (secondary N) is 1. The van der Waals surface area contributed by atoms with E-state index in [1.165, 1.54) is 7.11 Å². The van der Waals surface area contributed by atoms with Gasteiger partial charge in [0.15, 0.2) is 11.6 Å². The normalized spacial score (nSPS) is 24.4. The lowest BCUT2D eigenvalue weighted by atomic mass is 9.87. The molecule has 0 saturated carbocycles. The number of hydrogen-bond acceptors (Lipinski definition) is 3. The van der Waals surface area contributed by atoms with E-state index in [-0.39, 0.29) is 23.7 Å². The molecule has 0 aromatic heterocycles. The molecule has 3 unspecified atom stereocenters. The zero-order valence-electron chi connectivity index (χ0n) is 11.8. The lowest BCUT2D eigenvalue weighted by molar-refractivity contribution is 0.0782. The molecule has 1 aromatic rings. The Hall–Kier alpha value is -1.13. The monoisotopic (exact) mass is 267 g/mol. The van der Waals surface area contributed by atoms with E-state index in [4.69, 9.17) is 9.47 Å². The number of benzene rings is 1. The van der Waals surface area contributed by atoms with Crippen molar-refractivity contribution in [1.29, 1.82) is 0 Å². The fourth-order valence-electron chi connectivity index (χ4n) is 2.97. The molecule has 0 spiro atoms. The summed E-state index contributed by atoms with van der Waals surface area (Å²) in [6, 6.07) is 5.29. The van der Waals surface area contributed by atoms with Crippen LogP contribution in [0, 0.1) is 11.7 Å². The van der Waals surface area contributed by atoms with Crippen molar-refractivity contribution >= 4 is 0 Å². The molecular formula is C15H22FNO2. The highest BCUT2D eigenvalue weighted by molar-refractivity contribution is 5.31. The number of methoxy groups -OCH3 is 1. The molecule has 0 aliphatic carbocycles. The van der Waals surface area contributed by atoms with Gasteiger partial charge in [0.05, 0.1) is 13.2 Å². The zero-order valence-corrected chi connectivity index (χ0v) is 11.8. The highest BCUT2D eigenvalue weighted by Crippen LogP contribution is 2.35. The third kappa shape index (κ3) is 2.90. The van der Waals surface area contributed by atoms with Crippen molar-refractivity contribution in [3.8, 4) is 5.75 Å². The number of ether oxygens (including phenoxy) is 2. The van der Waals surface area contributed by atoms with Gasteiger partial charge in [-0.2, -0.15) is 0 Å². The standard InChI is InChI=1S/C15H22FNO2/c1-4-13-11(7-8-19-13)15(17-2)10-5-6-14(18-3)12(16)9-10/h5-6,9,11,13,15,17H,4,7-8H2,1-3H3. The van der Waals surface area contributed by atoms with E-state index < -0.39 is 0 Å². The van der Waals surface area contributed by atoms with E-state index in [2.05, 4.69) is 12.2 Å². The molecule has 1 aromatic carbocycles. The zero-order chi connectivity index (χ0) is 13.8. The van der Waals surface area contributed by atoms with Gasteiger partial charge in [0.25, 0.3) is 0 Å². The Morgan fingerprint density at radius 1 is 1.53 bits per heavy atom. The van der Waals surface area contributed by atoms with Crippen molar-refractivity contribution in [3.05, 3.63) is 29.6 Å². The summed E-state index contributed by atoms with van der Waals surface area (Å²) in [7, 11) is 3.39. The molecule has 106 valence electrons. The molecule has 1 heterocycles. The van der Waals surface area contributed by atoms with Gasteiger partial charge in [-0.15, -0.1) is 0 Å². The van der Waals surface area contributed by atoms with Crippen LogP contribution in [-0.4, -0.2) is 26.9 Å². The third-order valence-electron chi connectivity index (χ3n) is 3.94. The summed E-state index contributed by atoms with van der Waals surface area (Å²) in [6.45, 7) is 2.92. The van der Waals surface area contributed by atoms with Crippen LogP contribution in [0.25, 0.3) is 0 Å². The van der Waals surface area contributed by atoms with E-state index in [0.29, 0.717) is 5.92 Å². The van der Waals surface area contributed by atoms with E-state index >= 15 is 0 Å². The van der Waals surface area contributed by atoms with Crippen molar-refractivity contribution in [2.24, 2.45) is 5.92 Å². The van der Waals surface area contributed by atoms with Crippen molar-refractivity contribution in [2.75, 3.05) is 20.8 Å². The molecule has 3 atom stereocenters. The number of hydrogen-bond donors (Lipinski definition) is 1. The Morgan fingerprint density at radius 2 is 2.32 bits per heavy atom. The minimum atomic E-state index is -0.313. The second-order valence-electron chi connectivity index (χ2n) is 4.93. The van der Waals surface area contributed by atoms with Gasteiger partial charge in [-0.1, -0.05) is 13.0 Å². The Balaban J connectivity index is 2.24. The van der Waals surface area contributed by atoms with Crippen molar-refractivity contribution in [2.45, 2.75) is 31.9 Å². The Morgan fingerprint density at radius 3 is 2.89 bits per heavy atom. The van der Waals surface area contributed by atoms with Crippen molar-refractivity contribution < 1.29 is 13.9 Å². The Bertz CT molecular complexity index is 425.